The van der Waals surface area contributed by atoms with Gasteiger partial charge in [0.25, 0.3) is 0 Å². The van der Waals surface area contributed by atoms with Crippen LogP contribution in [-0.4, -0.2) is 11.9 Å². The first-order valence-electron chi connectivity index (χ1n) is 2.02. The molecule has 0 aromatic carbocycles. The summed E-state index contributed by atoms with van der Waals surface area (Å²) in [7, 11) is 0. The van der Waals surface area contributed by atoms with Crippen molar-refractivity contribution in [2.45, 2.75) is 20.3 Å². The van der Waals surface area contributed by atoms with Gasteiger partial charge in [0, 0.05) is 0 Å². The lowest BCUT2D eigenvalue weighted by atomic mass is 10.4. The van der Waals surface area contributed by atoms with Crippen LogP contribution in [0.25, 0.3) is 0 Å². The average molecular weight is 116 g/mol. The normalized spacial score (nSPS) is 17.5. The lowest BCUT2D eigenvalue weighted by molar-refractivity contribution is -0.151. The molecule has 1 saturated heterocycles. The highest BCUT2D eigenvalue weighted by atomic mass is 16.6. The van der Waals surface area contributed by atoms with Crippen molar-refractivity contribution in [1.29, 1.82) is 0 Å². The molecule has 1 heterocycles. The maximum Gasteiger partial charge on any atom is 0.314 e. The Morgan fingerprint density at radius 1 is 1.12 bits per heavy atom. The van der Waals surface area contributed by atoms with E-state index in [4.69, 9.17) is 0 Å². The monoisotopic (exact) mass is 116 g/mol. The van der Waals surface area contributed by atoms with Gasteiger partial charge in [0.15, 0.2) is 0 Å². The molecule has 1 aliphatic heterocycles. The first-order valence-corrected chi connectivity index (χ1v) is 2.02. The molecule has 0 amide bonds. The molecule has 0 aliphatic carbocycles. The first kappa shape index (κ1) is 7.14. The topological polar surface area (TPSA) is 43.4 Å². The maximum atomic E-state index is 10.0. The molecule has 0 spiro atoms. The second kappa shape index (κ2) is 2.45. The van der Waals surface area contributed by atoms with Crippen molar-refractivity contribution < 1.29 is 14.3 Å². The molecule has 0 N–H and O–H groups in total. The van der Waals surface area contributed by atoms with Gasteiger partial charge < -0.3 is 4.74 Å². The Morgan fingerprint density at radius 3 is 1.62 bits per heavy atom. The molecule has 46 valence electrons. The van der Waals surface area contributed by atoms with Crippen molar-refractivity contribution in [2.24, 2.45) is 0 Å². The van der Waals surface area contributed by atoms with E-state index in [9.17, 15) is 9.59 Å². The Labute approximate surface area is 47.6 Å². The predicted octanol–water partition coefficient (Wildman–Crippen LogP) is 0.486. The molecule has 3 heteroatoms. The Hall–Kier alpha value is -0.860. The fraction of sp³-hybridized carbons (Fsp3) is 0.600. The van der Waals surface area contributed by atoms with Crippen LogP contribution in [0.1, 0.15) is 20.3 Å². The van der Waals surface area contributed by atoms with Crippen molar-refractivity contribution in [3.8, 4) is 0 Å². The number of rotatable bonds is 0. The molecule has 1 fully saturated rings. The molecule has 0 aromatic rings. The number of cyclic esters (lactones) is 2. The summed E-state index contributed by atoms with van der Waals surface area (Å²) >= 11 is 0. The quantitative estimate of drug-likeness (QED) is 0.341. The van der Waals surface area contributed by atoms with Crippen LogP contribution >= 0.6 is 0 Å². The number of hydrogen-bond donors (Lipinski definition) is 0. The fourth-order valence-corrected chi connectivity index (χ4v) is 0.433. The summed E-state index contributed by atoms with van der Waals surface area (Å²) in [6.07, 6.45) is 0.525. The van der Waals surface area contributed by atoms with Crippen molar-refractivity contribution in [2.75, 3.05) is 0 Å². The number of carbonyl (C=O) groups excluding carboxylic acids is 2. The molecular weight excluding hydrogens is 108 g/mol. The minimum absolute atomic E-state index is 0. The molecule has 0 aromatic heterocycles. The lowest BCUT2D eigenvalue weighted by Crippen LogP contribution is -1.94. The van der Waals surface area contributed by atoms with Gasteiger partial charge >= 0.3 is 11.9 Å². The SMILES string of the molecule is C.O=C1CCC(=O)O1. The van der Waals surface area contributed by atoms with Crippen molar-refractivity contribution in [3.05, 3.63) is 0 Å². The van der Waals surface area contributed by atoms with Gasteiger partial charge in [-0.25, -0.2) is 0 Å². The second-order valence-corrected chi connectivity index (χ2v) is 1.35. The Kier molecular flexibility index (Phi) is 2.19. The largest absolute Gasteiger partial charge is 0.393 e. The first-order chi connectivity index (χ1) is 3.29. The smallest absolute Gasteiger partial charge is 0.314 e. The molecule has 0 bridgehead atoms. The molecule has 0 atom stereocenters. The van der Waals surface area contributed by atoms with E-state index in [1.165, 1.54) is 0 Å². The highest BCUT2D eigenvalue weighted by Gasteiger charge is 2.19. The molecule has 0 unspecified atom stereocenters. The van der Waals surface area contributed by atoms with E-state index in [2.05, 4.69) is 4.74 Å². The Bertz CT molecular complexity index is 103. The van der Waals surface area contributed by atoms with E-state index in [1.807, 2.05) is 0 Å². The number of ether oxygens (including phenoxy) is 1. The van der Waals surface area contributed by atoms with E-state index in [0.29, 0.717) is 0 Å². The third kappa shape index (κ3) is 1.33. The maximum absolute atomic E-state index is 10.0. The number of carbonyl (C=O) groups is 2. The van der Waals surface area contributed by atoms with Crippen LogP contribution in [0.5, 0.6) is 0 Å². The van der Waals surface area contributed by atoms with E-state index in [1.54, 1.807) is 0 Å². The standard InChI is InChI=1S/C4H4O3.CH4/c5-3-1-2-4(6)7-3;/h1-2H2;1H4. The third-order valence-corrected chi connectivity index (χ3v) is 0.761. The number of hydrogen-bond acceptors (Lipinski definition) is 3. The van der Waals surface area contributed by atoms with Gasteiger partial charge in [-0.1, -0.05) is 7.43 Å². The van der Waals surface area contributed by atoms with Crippen LogP contribution in [0.2, 0.25) is 0 Å². The van der Waals surface area contributed by atoms with Crippen molar-refractivity contribution in [1.82, 2.24) is 0 Å². The molecule has 1 aliphatic rings. The zero-order chi connectivity index (χ0) is 5.28. The molecule has 0 saturated carbocycles. The van der Waals surface area contributed by atoms with Crippen molar-refractivity contribution >= 4 is 11.9 Å². The summed E-state index contributed by atoms with van der Waals surface area (Å²) in [4.78, 5) is 20.0. The zero-order valence-electron chi connectivity index (χ0n) is 3.64. The van der Waals surface area contributed by atoms with Gasteiger partial charge in [-0.3, -0.25) is 9.59 Å². The zero-order valence-corrected chi connectivity index (χ0v) is 3.64. The van der Waals surface area contributed by atoms with Crippen LogP contribution in [0.15, 0.2) is 0 Å². The van der Waals surface area contributed by atoms with Gasteiger partial charge in [0.05, 0.1) is 12.8 Å². The third-order valence-electron chi connectivity index (χ3n) is 0.761. The molecule has 1 rings (SSSR count). The molecule has 3 nitrogen and oxygen atoms in total. The van der Waals surface area contributed by atoms with Gasteiger partial charge in [-0.05, 0) is 0 Å². The minimum atomic E-state index is -0.398. The van der Waals surface area contributed by atoms with E-state index in [0.717, 1.165) is 0 Å². The van der Waals surface area contributed by atoms with Crippen molar-refractivity contribution in [3.63, 3.8) is 0 Å². The summed E-state index contributed by atoms with van der Waals surface area (Å²) in [6.45, 7) is 0. The van der Waals surface area contributed by atoms with Gasteiger partial charge in [-0.15, -0.1) is 0 Å². The van der Waals surface area contributed by atoms with Crippen LogP contribution < -0.4 is 0 Å². The van der Waals surface area contributed by atoms with E-state index in [-0.39, 0.29) is 20.3 Å². The predicted molar refractivity (Wildman–Crippen MR) is 27.1 cm³/mol. The van der Waals surface area contributed by atoms with Crippen LogP contribution in [0.4, 0.5) is 0 Å². The Balaban J connectivity index is 0.000000490. The number of esters is 2. The molecule has 0 radical (unpaired) electrons. The highest BCUT2D eigenvalue weighted by Crippen LogP contribution is 2.03. The molecular formula is C5H8O3. The second-order valence-electron chi connectivity index (χ2n) is 1.35. The van der Waals surface area contributed by atoms with Crippen LogP contribution in [0.3, 0.4) is 0 Å². The lowest BCUT2D eigenvalue weighted by Gasteiger charge is -1.79. The average Bonchev–Trinajstić information content (AvgIpc) is 1.87. The van der Waals surface area contributed by atoms with Gasteiger partial charge in [0.2, 0.25) is 0 Å². The van der Waals surface area contributed by atoms with E-state index < -0.39 is 11.9 Å². The van der Waals surface area contributed by atoms with Gasteiger partial charge in [0.1, 0.15) is 0 Å². The minimum Gasteiger partial charge on any atom is -0.393 e. The van der Waals surface area contributed by atoms with E-state index >= 15 is 0 Å². The summed E-state index contributed by atoms with van der Waals surface area (Å²) in [5.41, 5.74) is 0. The van der Waals surface area contributed by atoms with Crippen LogP contribution in [0, 0.1) is 0 Å². The fourth-order valence-electron chi connectivity index (χ4n) is 0.433. The van der Waals surface area contributed by atoms with Crippen LogP contribution in [-0.2, 0) is 14.3 Å². The summed E-state index contributed by atoms with van der Waals surface area (Å²) in [6, 6.07) is 0. The highest BCUT2D eigenvalue weighted by molar-refractivity contribution is 5.92. The summed E-state index contributed by atoms with van der Waals surface area (Å²) in [5.74, 6) is -0.796. The Morgan fingerprint density at radius 2 is 1.50 bits per heavy atom. The molecule has 8 heavy (non-hydrogen) atoms. The van der Waals surface area contributed by atoms with Gasteiger partial charge in [-0.2, -0.15) is 0 Å². The summed E-state index contributed by atoms with van der Waals surface area (Å²) in [5, 5.41) is 0. The summed E-state index contributed by atoms with van der Waals surface area (Å²) < 4.78 is 4.08.